The smallest absolute Gasteiger partial charge is 0.0787 e. The average Bonchev–Trinajstić information content (AvgIpc) is 3.54. The molecule has 0 bridgehead atoms. The van der Waals surface area contributed by atoms with Gasteiger partial charge in [0.15, 0.2) is 0 Å². The lowest BCUT2D eigenvalue weighted by atomic mass is 9.90. The van der Waals surface area contributed by atoms with Gasteiger partial charge in [0.25, 0.3) is 0 Å². The van der Waals surface area contributed by atoms with Crippen LogP contribution in [0.3, 0.4) is 0 Å². The van der Waals surface area contributed by atoms with Crippen LogP contribution in [0.25, 0.3) is 33.2 Å². The third-order valence-electron chi connectivity index (χ3n) is 6.93. The van der Waals surface area contributed by atoms with Crippen molar-refractivity contribution < 1.29 is 0 Å². The van der Waals surface area contributed by atoms with Gasteiger partial charge in [0.05, 0.1) is 5.69 Å². The van der Waals surface area contributed by atoms with Crippen molar-refractivity contribution in [2.24, 2.45) is 5.92 Å². The number of rotatable bonds is 4. The van der Waals surface area contributed by atoms with Crippen LogP contribution in [-0.4, -0.2) is 4.98 Å². The Morgan fingerprint density at radius 1 is 0.871 bits per heavy atom. The Morgan fingerprint density at radius 2 is 1.68 bits per heavy atom. The minimum absolute atomic E-state index is 0.643. The fraction of sp³-hybridized carbons (Fsp3) is 0.300. The molecule has 0 saturated heterocycles. The van der Waals surface area contributed by atoms with Gasteiger partial charge in [0.2, 0.25) is 0 Å². The second-order valence-electron chi connectivity index (χ2n) is 9.95. The highest BCUT2D eigenvalue weighted by atomic mass is 14.7. The predicted octanol–water partition coefficient (Wildman–Crippen LogP) is 7.86. The van der Waals surface area contributed by atoms with Gasteiger partial charge >= 0.3 is 0 Å². The Hall–Kier alpha value is -2.93. The molecule has 2 aliphatic carbocycles. The second kappa shape index (κ2) is 7.05. The van der Waals surface area contributed by atoms with Crippen molar-refractivity contribution in [2.45, 2.75) is 52.4 Å². The summed E-state index contributed by atoms with van der Waals surface area (Å²) < 4.78 is 0. The Balaban J connectivity index is 1.63. The molecule has 1 heteroatoms. The summed E-state index contributed by atoms with van der Waals surface area (Å²) in [7, 11) is 0. The normalized spacial score (nSPS) is 14.8. The average molecular weight is 404 g/mol. The zero-order valence-electron chi connectivity index (χ0n) is 18.7. The van der Waals surface area contributed by atoms with E-state index in [4.69, 9.17) is 4.98 Å². The van der Waals surface area contributed by atoms with E-state index >= 15 is 0 Å². The number of hydrogen-bond acceptors (Lipinski definition) is 1. The molecule has 0 atom stereocenters. The van der Waals surface area contributed by atoms with Crippen LogP contribution in [0, 0.1) is 12.8 Å². The summed E-state index contributed by atoms with van der Waals surface area (Å²) >= 11 is 0. The molecule has 0 radical (unpaired) electrons. The fourth-order valence-electron chi connectivity index (χ4n) is 5.36. The zero-order chi connectivity index (χ0) is 21.1. The van der Waals surface area contributed by atoms with Gasteiger partial charge in [0, 0.05) is 22.6 Å². The molecule has 2 aliphatic rings. The van der Waals surface area contributed by atoms with Crippen molar-refractivity contribution in [1.29, 1.82) is 0 Å². The van der Waals surface area contributed by atoms with E-state index in [1.165, 1.54) is 73.9 Å². The maximum atomic E-state index is 5.33. The Kier molecular flexibility index (Phi) is 4.28. The van der Waals surface area contributed by atoms with Gasteiger partial charge in [-0.25, -0.2) is 0 Å². The molecule has 4 aromatic rings. The van der Waals surface area contributed by atoms with Gasteiger partial charge in [-0.3, -0.25) is 4.98 Å². The largest absolute Gasteiger partial charge is 0.252 e. The standard InChI is InChI=1S/C30H29N/c1-18(2)13-21-8-6-10-24-25(21)17-29(20-11-12-20)31-30(24)28-15-19(3)14-26-23-9-5-4-7-22(23)16-27(26)28/h4-10,14-15,17-18,20H,11-13,16H2,1-3H3. The van der Waals surface area contributed by atoms with E-state index in [1.807, 2.05) is 0 Å². The minimum atomic E-state index is 0.643. The Labute approximate surface area is 185 Å². The van der Waals surface area contributed by atoms with E-state index in [1.54, 1.807) is 0 Å². The molecular formula is C30H29N. The highest BCUT2D eigenvalue weighted by Crippen LogP contribution is 2.46. The van der Waals surface area contributed by atoms with E-state index in [-0.39, 0.29) is 0 Å². The van der Waals surface area contributed by atoms with Gasteiger partial charge in [-0.2, -0.15) is 0 Å². The third kappa shape index (κ3) is 3.19. The number of fused-ring (bicyclic) bond motifs is 4. The molecule has 1 saturated carbocycles. The number of aromatic nitrogens is 1. The zero-order valence-corrected chi connectivity index (χ0v) is 18.7. The number of hydrogen-bond donors (Lipinski definition) is 0. The SMILES string of the molecule is Cc1cc2c(c(-c3nc(C4CC4)cc4c(CC(C)C)cccc34)c1)Cc1ccccc1-2. The fourth-order valence-corrected chi connectivity index (χ4v) is 5.36. The van der Waals surface area contributed by atoms with Gasteiger partial charge in [-0.1, -0.05) is 62.4 Å². The predicted molar refractivity (Wildman–Crippen MR) is 131 cm³/mol. The van der Waals surface area contributed by atoms with Crippen LogP contribution in [-0.2, 0) is 12.8 Å². The number of benzene rings is 3. The summed E-state index contributed by atoms with van der Waals surface area (Å²) in [4.78, 5) is 5.33. The first-order chi connectivity index (χ1) is 15.1. The molecule has 154 valence electrons. The minimum Gasteiger partial charge on any atom is -0.252 e. The van der Waals surface area contributed by atoms with E-state index in [2.05, 4.69) is 81.4 Å². The van der Waals surface area contributed by atoms with Crippen LogP contribution in [0.2, 0.25) is 0 Å². The van der Waals surface area contributed by atoms with Crippen LogP contribution < -0.4 is 0 Å². The number of pyridine rings is 1. The van der Waals surface area contributed by atoms with Gasteiger partial charge < -0.3 is 0 Å². The molecule has 6 rings (SSSR count). The van der Waals surface area contributed by atoms with Crippen LogP contribution in [0.15, 0.2) is 60.7 Å². The molecule has 1 aromatic heterocycles. The monoisotopic (exact) mass is 403 g/mol. The van der Waals surface area contributed by atoms with Crippen LogP contribution in [0.1, 0.15) is 60.6 Å². The van der Waals surface area contributed by atoms with E-state index in [0.717, 1.165) is 12.8 Å². The van der Waals surface area contributed by atoms with Gasteiger partial charge in [-0.05, 0) is 89.4 Å². The summed E-state index contributed by atoms with van der Waals surface area (Å²) in [5.41, 5.74) is 12.3. The highest BCUT2D eigenvalue weighted by Gasteiger charge is 2.28. The molecule has 0 amide bonds. The van der Waals surface area contributed by atoms with Gasteiger partial charge in [-0.15, -0.1) is 0 Å². The molecule has 3 aromatic carbocycles. The number of nitrogens with zero attached hydrogens (tertiary/aromatic N) is 1. The van der Waals surface area contributed by atoms with E-state index in [0.29, 0.717) is 11.8 Å². The molecule has 0 spiro atoms. The van der Waals surface area contributed by atoms with Crippen LogP contribution in [0.5, 0.6) is 0 Å². The van der Waals surface area contributed by atoms with Gasteiger partial charge in [0.1, 0.15) is 0 Å². The van der Waals surface area contributed by atoms with Crippen molar-refractivity contribution in [2.75, 3.05) is 0 Å². The molecule has 1 nitrogen and oxygen atoms in total. The quantitative estimate of drug-likeness (QED) is 0.298. The molecule has 1 fully saturated rings. The summed E-state index contributed by atoms with van der Waals surface area (Å²) in [6, 6.07) is 22.9. The summed E-state index contributed by atoms with van der Waals surface area (Å²) in [6.45, 7) is 6.85. The Bertz CT molecular complexity index is 1320. The molecule has 0 aliphatic heterocycles. The molecule has 0 unspecified atom stereocenters. The maximum absolute atomic E-state index is 5.33. The van der Waals surface area contributed by atoms with E-state index < -0.39 is 0 Å². The lowest BCUT2D eigenvalue weighted by Crippen LogP contribution is -2.00. The topological polar surface area (TPSA) is 12.9 Å². The Morgan fingerprint density at radius 3 is 2.48 bits per heavy atom. The molecule has 0 N–H and O–H groups in total. The maximum Gasteiger partial charge on any atom is 0.0787 e. The highest BCUT2D eigenvalue weighted by molar-refractivity contribution is 5.99. The second-order valence-corrected chi connectivity index (χ2v) is 9.95. The lowest BCUT2D eigenvalue weighted by Gasteiger charge is -2.17. The van der Waals surface area contributed by atoms with Crippen molar-refractivity contribution in [3.05, 3.63) is 88.6 Å². The van der Waals surface area contributed by atoms with E-state index in [9.17, 15) is 0 Å². The first kappa shape index (κ1) is 18.8. The lowest BCUT2D eigenvalue weighted by molar-refractivity contribution is 0.650. The molecular weight excluding hydrogens is 374 g/mol. The van der Waals surface area contributed by atoms with Crippen molar-refractivity contribution in [1.82, 2.24) is 4.98 Å². The van der Waals surface area contributed by atoms with Crippen molar-refractivity contribution in [3.63, 3.8) is 0 Å². The first-order valence-electron chi connectivity index (χ1n) is 11.7. The van der Waals surface area contributed by atoms with Crippen LogP contribution in [0.4, 0.5) is 0 Å². The van der Waals surface area contributed by atoms with Crippen molar-refractivity contribution in [3.8, 4) is 22.4 Å². The van der Waals surface area contributed by atoms with Crippen LogP contribution >= 0.6 is 0 Å². The number of aryl methyl sites for hydroxylation is 1. The summed E-state index contributed by atoms with van der Waals surface area (Å²) in [5.74, 6) is 1.29. The summed E-state index contributed by atoms with van der Waals surface area (Å²) in [5, 5.41) is 2.72. The molecule has 31 heavy (non-hydrogen) atoms. The van der Waals surface area contributed by atoms with Crippen molar-refractivity contribution >= 4 is 10.8 Å². The third-order valence-corrected chi connectivity index (χ3v) is 6.93. The molecule has 1 heterocycles. The summed E-state index contributed by atoms with van der Waals surface area (Å²) in [6.07, 6.45) is 4.68. The first-order valence-corrected chi connectivity index (χ1v) is 11.7.